The smallest absolute Gasteiger partial charge is 0.344 e. The molecule has 0 unspecified atom stereocenters. The molecule has 1 N–H and O–H groups in total. The number of esters is 1. The van der Waals surface area contributed by atoms with Crippen molar-refractivity contribution in [3.8, 4) is 11.8 Å². The van der Waals surface area contributed by atoms with E-state index in [-0.39, 0.29) is 18.3 Å². The number of carbonyl (C=O) groups excluding carboxylic acids is 3. The molecular weight excluding hydrogens is 324 g/mol. The Labute approximate surface area is 146 Å². The molecule has 0 heterocycles. The van der Waals surface area contributed by atoms with E-state index in [4.69, 9.17) is 14.7 Å². The van der Waals surface area contributed by atoms with Gasteiger partial charge < -0.3 is 14.8 Å². The highest BCUT2D eigenvalue weighted by Crippen LogP contribution is 2.15. The summed E-state index contributed by atoms with van der Waals surface area (Å²) in [7, 11) is 0. The molecule has 1 amide bonds. The number of nitrogens with zero attached hydrogens (tertiary/aromatic N) is 1. The number of ketones is 1. The van der Waals surface area contributed by atoms with Crippen LogP contribution in [0.3, 0.4) is 0 Å². The fourth-order valence-corrected chi connectivity index (χ4v) is 1.74. The molecule has 1 rings (SSSR count). The van der Waals surface area contributed by atoms with E-state index in [0.717, 1.165) is 0 Å². The number of rotatable bonds is 8. The van der Waals surface area contributed by atoms with Crippen molar-refractivity contribution >= 4 is 17.7 Å². The minimum atomic E-state index is -1.03. The molecule has 1 aromatic carbocycles. The van der Waals surface area contributed by atoms with Gasteiger partial charge in [0.1, 0.15) is 11.3 Å². The van der Waals surface area contributed by atoms with Gasteiger partial charge in [0.25, 0.3) is 5.91 Å². The van der Waals surface area contributed by atoms with Crippen LogP contribution in [0.5, 0.6) is 5.75 Å². The molecule has 0 aromatic heterocycles. The first kappa shape index (κ1) is 20.2. The normalized spacial score (nSPS) is 12.6. The van der Waals surface area contributed by atoms with Gasteiger partial charge in [-0.15, -0.1) is 0 Å². The number of benzene rings is 1. The van der Waals surface area contributed by atoms with E-state index in [1.54, 1.807) is 45.0 Å². The maximum absolute atomic E-state index is 11.8. The van der Waals surface area contributed by atoms with Crippen LogP contribution in [0, 0.1) is 17.2 Å². The molecule has 1 atom stereocenters. The van der Waals surface area contributed by atoms with Gasteiger partial charge in [0, 0.05) is 5.56 Å². The van der Waals surface area contributed by atoms with E-state index in [2.05, 4.69) is 5.32 Å². The van der Waals surface area contributed by atoms with Crippen molar-refractivity contribution < 1.29 is 23.9 Å². The Morgan fingerprint density at radius 3 is 2.28 bits per heavy atom. The van der Waals surface area contributed by atoms with Crippen LogP contribution in [-0.4, -0.2) is 36.4 Å². The molecule has 0 aliphatic heterocycles. The zero-order chi connectivity index (χ0) is 19.0. The second-order valence-electron chi connectivity index (χ2n) is 6.05. The lowest BCUT2D eigenvalue weighted by Crippen LogP contribution is -2.50. The number of nitrogens with one attached hydrogen (secondary N) is 1. The van der Waals surface area contributed by atoms with E-state index < -0.39 is 24.0 Å². The third kappa shape index (κ3) is 6.26. The quantitative estimate of drug-likeness (QED) is 0.569. The number of amides is 1. The Kier molecular flexibility index (Phi) is 7.12. The van der Waals surface area contributed by atoms with Crippen molar-refractivity contribution in [2.75, 3.05) is 13.2 Å². The minimum absolute atomic E-state index is 0.0669. The van der Waals surface area contributed by atoms with Crippen molar-refractivity contribution in [2.45, 2.75) is 33.2 Å². The van der Waals surface area contributed by atoms with Crippen molar-refractivity contribution in [2.24, 2.45) is 5.92 Å². The highest BCUT2D eigenvalue weighted by atomic mass is 16.6. The van der Waals surface area contributed by atoms with Crippen molar-refractivity contribution in [3.05, 3.63) is 29.8 Å². The van der Waals surface area contributed by atoms with Gasteiger partial charge >= 0.3 is 5.97 Å². The molecule has 7 heteroatoms. The number of hydrogen-bond acceptors (Lipinski definition) is 6. The molecule has 0 aliphatic carbocycles. The van der Waals surface area contributed by atoms with Crippen LogP contribution >= 0.6 is 0 Å². The Morgan fingerprint density at radius 1 is 1.20 bits per heavy atom. The van der Waals surface area contributed by atoms with Crippen LogP contribution in [0.4, 0.5) is 0 Å². The Morgan fingerprint density at radius 2 is 1.80 bits per heavy atom. The summed E-state index contributed by atoms with van der Waals surface area (Å²) in [6, 6.07) is 8.35. The number of nitriles is 1. The van der Waals surface area contributed by atoms with Crippen LogP contribution in [0.15, 0.2) is 24.3 Å². The molecule has 7 nitrogen and oxygen atoms in total. The summed E-state index contributed by atoms with van der Waals surface area (Å²) < 4.78 is 10.0. The number of hydrogen-bond donors (Lipinski definition) is 1. The number of carbonyl (C=O) groups is 3. The van der Waals surface area contributed by atoms with Gasteiger partial charge in [0.15, 0.2) is 19.0 Å². The standard InChI is InChI=1S/C18H22N2O5/c1-12(2)18(4,11-19)20-16(22)9-25-17(23)10-24-15-7-5-14(6-8-15)13(3)21/h5-8,12H,9-10H2,1-4H3,(H,20,22)/t18-/m1/s1. The lowest BCUT2D eigenvalue weighted by molar-refractivity contribution is -0.150. The number of ether oxygens (including phenoxy) is 2. The first-order valence-corrected chi connectivity index (χ1v) is 7.79. The van der Waals surface area contributed by atoms with Crippen LogP contribution < -0.4 is 10.1 Å². The summed E-state index contributed by atoms with van der Waals surface area (Å²) >= 11 is 0. The number of Topliss-reactive ketones (excluding diaryl/α,β-unsaturated/α-hetero) is 1. The van der Waals surface area contributed by atoms with Crippen molar-refractivity contribution in [1.82, 2.24) is 5.32 Å². The van der Waals surface area contributed by atoms with Crippen LogP contribution in [0.1, 0.15) is 38.1 Å². The summed E-state index contributed by atoms with van der Waals surface area (Å²) in [4.78, 5) is 34.6. The van der Waals surface area contributed by atoms with E-state index in [9.17, 15) is 14.4 Å². The van der Waals surface area contributed by atoms with Crippen LogP contribution in [-0.2, 0) is 14.3 Å². The molecule has 134 valence electrons. The van der Waals surface area contributed by atoms with Crippen molar-refractivity contribution in [1.29, 1.82) is 5.26 Å². The zero-order valence-electron chi connectivity index (χ0n) is 14.8. The van der Waals surface area contributed by atoms with Crippen LogP contribution in [0.2, 0.25) is 0 Å². The first-order chi connectivity index (χ1) is 11.7. The lowest BCUT2D eigenvalue weighted by atomic mass is 9.90. The Bertz CT molecular complexity index is 676. The maximum Gasteiger partial charge on any atom is 0.344 e. The molecule has 0 spiro atoms. The van der Waals surface area contributed by atoms with Gasteiger partial charge in [-0.3, -0.25) is 9.59 Å². The Hall–Kier alpha value is -2.88. The SMILES string of the molecule is CC(=O)c1ccc(OCC(=O)OCC(=O)N[C@](C)(C#N)C(C)C)cc1. The van der Waals surface area contributed by atoms with Gasteiger partial charge in [0.05, 0.1) is 6.07 Å². The summed E-state index contributed by atoms with van der Waals surface area (Å²) in [6.07, 6.45) is 0. The Balaban J connectivity index is 2.41. The summed E-state index contributed by atoms with van der Waals surface area (Å²) in [5, 5.41) is 11.7. The molecule has 0 aliphatic rings. The predicted octanol–water partition coefficient (Wildman–Crippen LogP) is 1.87. The van der Waals surface area contributed by atoms with E-state index in [1.807, 2.05) is 6.07 Å². The molecule has 0 saturated heterocycles. The average Bonchev–Trinajstić information content (AvgIpc) is 2.58. The third-order valence-corrected chi connectivity index (χ3v) is 3.77. The largest absolute Gasteiger partial charge is 0.482 e. The van der Waals surface area contributed by atoms with Gasteiger partial charge in [-0.1, -0.05) is 13.8 Å². The molecule has 25 heavy (non-hydrogen) atoms. The fourth-order valence-electron chi connectivity index (χ4n) is 1.74. The molecule has 1 aromatic rings. The fraction of sp³-hybridized carbons (Fsp3) is 0.444. The molecular formula is C18H22N2O5. The molecule has 0 bridgehead atoms. The van der Waals surface area contributed by atoms with Crippen LogP contribution in [0.25, 0.3) is 0 Å². The maximum atomic E-state index is 11.8. The average molecular weight is 346 g/mol. The van der Waals surface area contributed by atoms with Gasteiger partial charge in [0.2, 0.25) is 0 Å². The summed E-state index contributed by atoms with van der Waals surface area (Å²) in [5.41, 5.74) is -0.490. The van der Waals surface area contributed by atoms with E-state index in [0.29, 0.717) is 11.3 Å². The third-order valence-electron chi connectivity index (χ3n) is 3.77. The first-order valence-electron chi connectivity index (χ1n) is 7.79. The zero-order valence-corrected chi connectivity index (χ0v) is 14.8. The second-order valence-corrected chi connectivity index (χ2v) is 6.05. The van der Waals surface area contributed by atoms with Crippen molar-refractivity contribution in [3.63, 3.8) is 0 Å². The summed E-state index contributed by atoms with van der Waals surface area (Å²) in [5.74, 6) is -1.03. The summed E-state index contributed by atoms with van der Waals surface area (Å²) in [6.45, 7) is 5.81. The second kappa shape index (κ2) is 8.83. The monoisotopic (exact) mass is 346 g/mol. The molecule has 0 fully saturated rings. The highest BCUT2D eigenvalue weighted by molar-refractivity contribution is 5.94. The molecule has 0 radical (unpaired) electrons. The highest BCUT2D eigenvalue weighted by Gasteiger charge is 2.30. The van der Waals surface area contributed by atoms with E-state index in [1.165, 1.54) is 6.92 Å². The predicted molar refractivity (Wildman–Crippen MR) is 89.9 cm³/mol. The lowest BCUT2D eigenvalue weighted by Gasteiger charge is -2.27. The molecule has 0 saturated carbocycles. The minimum Gasteiger partial charge on any atom is -0.482 e. The van der Waals surface area contributed by atoms with E-state index >= 15 is 0 Å². The topological polar surface area (TPSA) is 105 Å². The van der Waals surface area contributed by atoms with Gasteiger partial charge in [-0.25, -0.2) is 4.79 Å². The van der Waals surface area contributed by atoms with Gasteiger partial charge in [-0.2, -0.15) is 5.26 Å². The van der Waals surface area contributed by atoms with Gasteiger partial charge in [-0.05, 0) is 44.0 Å².